The molecule has 7 heteroatoms. The van der Waals surface area contributed by atoms with Crippen LogP contribution >= 0.6 is 11.6 Å². The first kappa shape index (κ1) is 12.2. The van der Waals surface area contributed by atoms with Gasteiger partial charge in [0.05, 0.1) is 22.1 Å². The first-order chi connectivity index (χ1) is 9.06. The van der Waals surface area contributed by atoms with Crippen LogP contribution < -0.4 is 11.1 Å². The van der Waals surface area contributed by atoms with Gasteiger partial charge in [-0.2, -0.15) is 0 Å². The van der Waals surface area contributed by atoms with Gasteiger partial charge in [-0.15, -0.1) is 0 Å². The summed E-state index contributed by atoms with van der Waals surface area (Å²) in [7, 11) is 0. The first-order valence-electron chi connectivity index (χ1n) is 5.95. The van der Waals surface area contributed by atoms with Crippen molar-refractivity contribution in [3.8, 4) is 0 Å². The van der Waals surface area contributed by atoms with E-state index in [0.717, 1.165) is 0 Å². The predicted molar refractivity (Wildman–Crippen MR) is 70.4 cm³/mol. The lowest BCUT2D eigenvalue weighted by atomic mass is 10.1. The zero-order chi connectivity index (χ0) is 13.6. The van der Waals surface area contributed by atoms with Crippen LogP contribution in [0.15, 0.2) is 12.1 Å². The van der Waals surface area contributed by atoms with Crippen LogP contribution in [0.5, 0.6) is 0 Å². The molecule has 0 radical (unpaired) electrons. The fourth-order valence-electron chi connectivity index (χ4n) is 2.43. The number of rotatable bonds is 1. The van der Waals surface area contributed by atoms with E-state index in [-0.39, 0.29) is 17.0 Å². The van der Waals surface area contributed by atoms with Gasteiger partial charge in [0.1, 0.15) is 5.82 Å². The van der Waals surface area contributed by atoms with Crippen molar-refractivity contribution in [1.29, 1.82) is 0 Å². The number of carbonyl (C=O) groups excluding carboxylic acids is 1. The number of carbonyl (C=O) groups is 1. The summed E-state index contributed by atoms with van der Waals surface area (Å²) in [6.07, 6.45) is 1.12. The second-order valence-corrected chi connectivity index (χ2v) is 5.00. The van der Waals surface area contributed by atoms with Crippen LogP contribution in [0.2, 0.25) is 5.02 Å². The Labute approximate surface area is 113 Å². The number of hydrogen-bond acceptors (Lipinski definition) is 3. The Bertz CT molecular complexity index is 659. The van der Waals surface area contributed by atoms with Crippen molar-refractivity contribution in [1.82, 2.24) is 14.9 Å². The van der Waals surface area contributed by atoms with E-state index in [1.807, 2.05) is 0 Å². The Kier molecular flexibility index (Phi) is 2.82. The number of fused-ring (bicyclic) bond motifs is 1. The summed E-state index contributed by atoms with van der Waals surface area (Å²) in [6.45, 7) is 0.490. The highest BCUT2D eigenvalue weighted by Crippen LogP contribution is 2.30. The number of anilines is 1. The van der Waals surface area contributed by atoms with E-state index in [1.54, 1.807) is 4.57 Å². The van der Waals surface area contributed by atoms with Crippen LogP contribution in [0.3, 0.4) is 0 Å². The smallest absolute Gasteiger partial charge is 0.220 e. The molecule has 1 aliphatic heterocycles. The second kappa shape index (κ2) is 4.38. The third-order valence-corrected chi connectivity index (χ3v) is 3.65. The first-order valence-corrected chi connectivity index (χ1v) is 6.33. The number of nitrogens with zero attached hydrogens (tertiary/aromatic N) is 2. The molecular formula is C12H12ClFN4O. The monoisotopic (exact) mass is 282 g/mol. The van der Waals surface area contributed by atoms with Crippen LogP contribution in [-0.4, -0.2) is 22.0 Å². The van der Waals surface area contributed by atoms with Gasteiger partial charge in [0.25, 0.3) is 0 Å². The predicted octanol–water partition coefficient (Wildman–Crippen LogP) is 1.86. The molecule has 3 N–H and O–H groups in total. The van der Waals surface area contributed by atoms with Crippen molar-refractivity contribution < 1.29 is 9.18 Å². The lowest BCUT2D eigenvalue weighted by Crippen LogP contribution is -2.36. The van der Waals surface area contributed by atoms with Crippen LogP contribution in [0.4, 0.5) is 10.3 Å². The van der Waals surface area contributed by atoms with E-state index >= 15 is 0 Å². The van der Waals surface area contributed by atoms with Crippen LogP contribution in [0.1, 0.15) is 18.9 Å². The van der Waals surface area contributed by atoms with Gasteiger partial charge in [-0.25, -0.2) is 9.37 Å². The van der Waals surface area contributed by atoms with Gasteiger partial charge in [-0.1, -0.05) is 11.6 Å². The Morgan fingerprint density at radius 1 is 1.53 bits per heavy atom. The number of imidazole rings is 1. The highest BCUT2D eigenvalue weighted by Gasteiger charge is 2.23. The molecule has 0 aliphatic carbocycles. The molecule has 1 saturated heterocycles. The lowest BCUT2D eigenvalue weighted by Gasteiger charge is -2.25. The van der Waals surface area contributed by atoms with Gasteiger partial charge in [0.2, 0.25) is 11.9 Å². The van der Waals surface area contributed by atoms with Gasteiger partial charge in [0.15, 0.2) is 0 Å². The number of benzene rings is 1. The highest BCUT2D eigenvalue weighted by molar-refractivity contribution is 6.31. The molecule has 0 saturated carbocycles. The number of piperidine rings is 1. The minimum absolute atomic E-state index is 0.0178. The molecule has 5 nitrogen and oxygen atoms in total. The molecule has 1 aromatic heterocycles. The number of nitrogen functional groups attached to an aromatic ring is 1. The quantitative estimate of drug-likeness (QED) is 0.838. The number of nitrogens with one attached hydrogen (secondary N) is 1. The molecule has 0 bridgehead atoms. The standard InChI is InChI=1S/C12H12ClFN4O/c13-7-3-10-9(4-8(7)14)17-12(15)18(10)6-1-2-11(19)16-5-6/h3-4,6H,1-2,5H2,(H2,15,17)(H,16,19). The van der Waals surface area contributed by atoms with E-state index in [9.17, 15) is 9.18 Å². The molecule has 1 unspecified atom stereocenters. The van der Waals surface area contributed by atoms with E-state index in [2.05, 4.69) is 10.3 Å². The van der Waals surface area contributed by atoms with Crippen molar-refractivity contribution in [3.05, 3.63) is 23.0 Å². The summed E-state index contributed by atoms with van der Waals surface area (Å²) in [5, 5.41) is 2.82. The summed E-state index contributed by atoms with van der Waals surface area (Å²) in [6, 6.07) is 2.81. The number of hydrogen-bond donors (Lipinski definition) is 2. The van der Waals surface area contributed by atoms with E-state index in [0.29, 0.717) is 36.4 Å². The van der Waals surface area contributed by atoms with Crippen LogP contribution in [0.25, 0.3) is 11.0 Å². The molecule has 1 fully saturated rings. The van der Waals surface area contributed by atoms with E-state index in [1.165, 1.54) is 12.1 Å². The molecule has 2 heterocycles. The molecule has 1 aliphatic rings. The maximum absolute atomic E-state index is 13.4. The van der Waals surface area contributed by atoms with Gasteiger partial charge in [0, 0.05) is 19.0 Å². The lowest BCUT2D eigenvalue weighted by molar-refractivity contribution is -0.122. The van der Waals surface area contributed by atoms with Gasteiger partial charge >= 0.3 is 0 Å². The summed E-state index contributed by atoms with van der Waals surface area (Å²) < 4.78 is 15.2. The van der Waals surface area contributed by atoms with Gasteiger partial charge in [-0.3, -0.25) is 4.79 Å². The molecule has 1 atom stereocenters. The van der Waals surface area contributed by atoms with Crippen LogP contribution in [-0.2, 0) is 4.79 Å². The van der Waals surface area contributed by atoms with Gasteiger partial charge < -0.3 is 15.6 Å². The molecule has 1 aromatic carbocycles. The Morgan fingerprint density at radius 2 is 2.32 bits per heavy atom. The Hall–Kier alpha value is -1.82. The summed E-state index contributed by atoms with van der Waals surface area (Å²) in [4.78, 5) is 15.3. The maximum atomic E-state index is 13.4. The number of amides is 1. The van der Waals surface area contributed by atoms with Crippen molar-refractivity contribution >= 4 is 34.5 Å². The molecule has 3 rings (SSSR count). The fourth-order valence-corrected chi connectivity index (χ4v) is 2.59. The molecular weight excluding hydrogens is 271 g/mol. The topological polar surface area (TPSA) is 72.9 Å². The average molecular weight is 283 g/mol. The average Bonchev–Trinajstić information content (AvgIpc) is 2.67. The van der Waals surface area contributed by atoms with Crippen molar-refractivity contribution in [2.45, 2.75) is 18.9 Å². The highest BCUT2D eigenvalue weighted by atomic mass is 35.5. The van der Waals surface area contributed by atoms with E-state index in [4.69, 9.17) is 17.3 Å². The second-order valence-electron chi connectivity index (χ2n) is 4.59. The third kappa shape index (κ3) is 2.02. The van der Waals surface area contributed by atoms with Crippen molar-refractivity contribution in [2.75, 3.05) is 12.3 Å². The Balaban J connectivity index is 2.10. The summed E-state index contributed by atoms with van der Waals surface area (Å²) in [5.74, 6) is -0.183. The third-order valence-electron chi connectivity index (χ3n) is 3.36. The minimum Gasteiger partial charge on any atom is -0.369 e. The summed E-state index contributed by atoms with van der Waals surface area (Å²) in [5.41, 5.74) is 7.05. The number of aromatic nitrogens is 2. The molecule has 1 amide bonds. The molecule has 19 heavy (non-hydrogen) atoms. The normalized spacial score (nSPS) is 19.7. The van der Waals surface area contributed by atoms with Crippen molar-refractivity contribution in [3.63, 3.8) is 0 Å². The molecule has 100 valence electrons. The largest absolute Gasteiger partial charge is 0.369 e. The Morgan fingerprint density at radius 3 is 3.00 bits per heavy atom. The molecule has 2 aromatic rings. The number of nitrogens with two attached hydrogens (primary N) is 1. The zero-order valence-corrected chi connectivity index (χ0v) is 10.7. The van der Waals surface area contributed by atoms with Crippen molar-refractivity contribution in [2.24, 2.45) is 0 Å². The van der Waals surface area contributed by atoms with E-state index < -0.39 is 5.82 Å². The van der Waals surface area contributed by atoms with Crippen LogP contribution in [0, 0.1) is 5.82 Å². The summed E-state index contributed by atoms with van der Waals surface area (Å²) >= 11 is 5.80. The fraction of sp³-hybridized carbons (Fsp3) is 0.333. The SMILES string of the molecule is Nc1nc2cc(F)c(Cl)cc2n1C1CCC(=O)NC1. The maximum Gasteiger partial charge on any atom is 0.220 e. The molecule has 0 spiro atoms. The zero-order valence-electron chi connectivity index (χ0n) is 9.99. The van der Waals surface area contributed by atoms with Gasteiger partial charge in [-0.05, 0) is 12.5 Å². The number of halogens is 2. The minimum atomic E-state index is -0.518.